The molecule has 0 N–H and O–H groups in total. The number of fused-ring (bicyclic) bond motifs is 1. The zero-order valence-corrected chi connectivity index (χ0v) is 9.05. The Labute approximate surface area is 79.5 Å². The third-order valence-corrected chi connectivity index (χ3v) is 6.75. The molecular formula is C11H15OP. The SMILES string of the molecule is CCC(CC)P1(=O)c2ccccc21. The Hall–Kier alpha value is -0.550. The maximum Gasteiger partial charge on any atom is 0.147 e. The number of hydrogen-bond donors (Lipinski definition) is 0. The summed E-state index contributed by atoms with van der Waals surface area (Å²) in [4.78, 5) is 0. The monoisotopic (exact) mass is 194 g/mol. The van der Waals surface area contributed by atoms with Crippen LogP contribution in [-0.2, 0) is 4.57 Å². The Morgan fingerprint density at radius 2 is 1.62 bits per heavy atom. The third kappa shape index (κ3) is 1.10. The fraction of sp³-hybridized carbons (Fsp3) is 0.455. The first kappa shape index (κ1) is 9.02. The maximum atomic E-state index is 12.5. The average molecular weight is 194 g/mol. The van der Waals surface area contributed by atoms with Gasteiger partial charge in [-0.15, -0.1) is 0 Å². The van der Waals surface area contributed by atoms with Crippen molar-refractivity contribution in [3.05, 3.63) is 24.3 Å². The van der Waals surface area contributed by atoms with Crippen LogP contribution in [0, 0.1) is 0 Å². The first-order valence-electron chi connectivity index (χ1n) is 4.95. The topological polar surface area (TPSA) is 17.1 Å². The van der Waals surface area contributed by atoms with Crippen LogP contribution in [0.15, 0.2) is 24.3 Å². The van der Waals surface area contributed by atoms with Gasteiger partial charge in [0.2, 0.25) is 0 Å². The molecule has 2 heteroatoms. The van der Waals surface area contributed by atoms with E-state index in [2.05, 4.69) is 13.8 Å². The second kappa shape index (κ2) is 2.99. The van der Waals surface area contributed by atoms with Gasteiger partial charge in [0, 0.05) is 16.3 Å². The van der Waals surface area contributed by atoms with Crippen LogP contribution >= 0.6 is 7.14 Å². The van der Waals surface area contributed by atoms with Crippen molar-refractivity contribution in [2.75, 3.05) is 0 Å². The quantitative estimate of drug-likeness (QED) is 0.676. The molecule has 0 aromatic heterocycles. The summed E-state index contributed by atoms with van der Waals surface area (Å²) in [5, 5.41) is 2.28. The van der Waals surface area contributed by atoms with Crippen molar-refractivity contribution >= 4 is 17.8 Å². The molecule has 2 rings (SSSR count). The van der Waals surface area contributed by atoms with E-state index in [0.29, 0.717) is 5.66 Å². The minimum absolute atomic E-state index is 0.393. The van der Waals surface area contributed by atoms with Gasteiger partial charge >= 0.3 is 0 Å². The first-order valence-corrected chi connectivity index (χ1v) is 6.72. The molecule has 0 saturated carbocycles. The van der Waals surface area contributed by atoms with Gasteiger partial charge in [-0.1, -0.05) is 38.1 Å². The van der Waals surface area contributed by atoms with Gasteiger partial charge in [-0.05, 0) is 12.8 Å². The van der Waals surface area contributed by atoms with Gasteiger partial charge in [0.05, 0.1) is 0 Å². The number of rotatable bonds is 3. The summed E-state index contributed by atoms with van der Waals surface area (Å²) in [5.74, 6) is 0. The molecule has 0 radical (unpaired) electrons. The van der Waals surface area contributed by atoms with E-state index in [-0.39, 0.29) is 0 Å². The van der Waals surface area contributed by atoms with E-state index >= 15 is 0 Å². The predicted octanol–water partition coefficient (Wildman–Crippen LogP) is 2.50. The lowest BCUT2D eigenvalue weighted by Gasteiger charge is -2.10. The predicted molar refractivity (Wildman–Crippen MR) is 57.7 cm³/mol. The van der Waals surface area contributed by atoms with E-state index in [1.165, 1.54) is 0 Å². The van der Waals surface area contributed by atoms with Crippen LogP contribution in [0.2, 0.25) is 0 Å². The highest BCUT2D eigenvalue weighted by Crippen LogP contribution is 2.60. The minimum atomic E-state index is -2.02. The molecule has 0 aliphatic carbocycles. The first-order chi connectivity index (χ1) is 6.25. The Balaban J connectivity index is 2.35. The molecule has 0 atom stereocenters. The molecule has 13 heavy (non-hydrogen) atoms. The van der Waals surface area contributed by atoms with Crippen LogP contribution in [0.25, 0.3) is 0 Å². The highest BCUT2D eigenvalue weighted by atomic mass is 31.2. The summed E-state index contributed by atoms with van der Waals surface area (Å²) in [6.45, 7) is 4.26. The van der Waals surface area contributed by atoms with Gasteiger partial charge in [-0.25, -0.2) is 0 Å². The summed E-state index contributed by atoms with van der Waals surface area (Å²) < 4.78 is 12.5. The van der Waals surface area contributed by atoms with Crippen molar-refractivity contribution in [3.8, 4) is 0 Å². The van der Waals surface area contributed by atoms with Crippen LogP contribution < -0.4 is 10.6 Å². The Kier molecular flexibility index (Phi) is 2.08. The highest BCUT2D eigenvalue weighted by molar-refractivity contribution is 7.89. The average Bonchev–Trinajstić information content (AvgIpc) is 2.77. The Morgan fingerprint density at radius 1 is 1.15 bits per heavy atom. The Bertz CT molecular complexity index is 339. The second-order valence-electron chi connectivity index (χ2n) is 3.62. The lowest BCUT2D eigenvalue weighted by molar-refractivity contribution is 0.575. The van der Waals surface area contributed by atoms with Gasteiger partial charge < -0.3 is 4.57 Å². The number of benzene rings is 1. The van der Waals surface area contributed by atoms with Gasteiger partial charge in [-0.2, -0.15) is 0 Å². The summed E-state index contributed by atoms with van der Waals surface area (Å²) in [6, 6.07) is 8.02. The van der Waals surface area contributed by atoms with Crippen molar-refractivity contribution in [1.29, 1.82) is 0 Å². The molecule has 0 amide bonds. The summed E-state index contributed by atoms with van der Waals surface area (Å²) in [7, 11) is -2.02. The van der Waals surface area contributed by atoms with Crippen LogP contribution in [-0.4, -0.2) is 5.66 Å². The van der Waals surface area contributed by atoms with Crippen molar-refractivity contribution < 1.29 is 4.57 Å². The van der Waals surface area contributed by atoms with E-state index in [4.69, 9.17) is 0 Å². The lowest BCUT2D eigenvalue weighted by atomic mass is 10.3. The molecule has 1 heterocycles. The normalized spacial score (nSPS) is 17.2. The lowest BCUT2D eigenvalue weighted by Crippen LogP contribution is -2.01. The van der Waals surface area contributed by atoms with Crippen LogP contribution in [0.5, 0.6) is 0 Å². The molecule has 1 aromatic rings. The molecule has 0 bridgehead atoms. The second-order valence-corrected chi connectivity index (χ2v) is 6.63. The van der Waals surface area contributed by atoms with E-state index in [0.717, 1.165) is 23.5 Å². The largest absolute Gasteiger partial charge is 0.313 e. The molecule has 1 aromatic carbocycles. The summed E-state index contributed by atoms with van der Waals surface area (Å²) in [6.07, 6.45) is 2.06. The number of hydrogen-bond acceptors (Lipinski definition) is 1. The summed E-state index contributed by atoms with van der Waals surface area (Å²) in [5.41, 5.74) is 0.393. The van der Waals surface area contributed by atoms with Crippen LogP contribution in [0.1, 0.15) is 26.7 Å². The standard InChI is InChI=1S/C11H15OP/c1-3-9(4-2)13(12)10-7-5-6-8-11(10)13/h5-9H,3-4H2,1-2H3. The van der Waals surface area contributed by atoms with E-state index in [1.807, 2.05) is 24.3 Å². The molecule has 0 saturated heterocycles. The fourth-order valence-corrected chi connectivity index (χ4v) is 5.59. The van der Waals surface area contributed by atoms with Crippen molar-refractivity contribution in [3.63, 3.8) is 0 Å². The van der Waals surface area contributed by atoms with E-state index in [9.17, 15) is 4.57 Å². The van der Waals surface area contributed by atoms with Crippen LogP contribution in [0.4, 0.5) is 0 Å². The maximum absolute atomic E-state index is 12.5. The highest BCUT2D eigenvalue weighted by Gasteiger charge is 2.49. The summed E-state index contributed by atoms with van der Waals surface area (Å²) >= 11 is 0. The molecule has 1 aliphatic heterocycles. The zero-order chi connectivity index (χ0) is 9.47. The smallest absolute Gasteiger partial charge is 0.147 e. The molecule has 0 unspecified atom stereocenters. The van der Waals surface area contributed by atoms with Gasteiger partial charge in [0.1, 0.15) is 7.14 Å². The minimum Gasteiger partial charge on any atom is -0.313 e. The van der Waals surface area contributed by atoms with Gasteiger partial charge in [0.15, 0.2) is 0 Å². The molecule has 1 aliphatic rings. The van der Waals surface area contributed by atoms with Gasteiger partial charge in [-0.3, -0.25) is 0 Å². The van der Waals surface area contributed by atoms with Crippen molar-refractivity contribution in [2.24, 2.45) is 0 Å². The molecule has 1 nitrogen and oxygen atoms in total. The van der Waals surface area contributed by atoms with Crippen molar-refractivity contribution in [2.45, 2.75) is 32.3 Å². The molecule has 0 fully saturated rings. The molecular weight excluding hydrogens is 179 g/mol. The third-order valence-electron chi connectivity index (χ3n) is 3.00. The van der Waals surface area contributed by atoms with E-state index < -0.39 is 7.14 Å². The Morgan fingerprint density at radius 3 is 2.00 bits per heavy atom. The molecule has 0 spiro atoms. The fourth-order valence-electron chi connectivity index (χ4n) is 2.16. The zero-order valence-electron chi connectivity index (χ0n) is 8.16. The molecule has 70 valence electrons. The van der Waals surface area contributed by atoms with Crippen molar-refractivity contribution in [1.82, 2.24) is 0 Å². The van der Waals surface area contributed by atoms with Gasteiger partial charge in [0.25, 0.3) is 0 Å². The van der Waals surface area contributed by atoms with Crippen LogP contribution in [0.3, 0.4) is 0 Å². The van der Waals surface area contributed by atoms with E-state index in [1.54, 1.807) is 0 Å².